The van der Waals surface area contributed by atoms with Crippen molar-refractivity contribution in [3.05, 3.63) is 52.1 Å². The summed E-state index contributed by atoms with van der Waals surface area (Å²) in [7, 11) is 0. The Balaban J connectivity index is 1.59. The van der Waals surface area contributed by atoms with Gasteiger partial charge in [0.25, 0.3) is 5.91 Å². The van der Waals surface area contributed by atoms with Crippen molar-refractivity contribution in [2.24, 2.45) is 5.92 Å². The van der Waals surface area contributed by atoms with Gasteiger partial charge in [-0.25, -0.2) is 4.39 Å². The number of halogens is 1. The minimum Gasteiger partial charge on any atom is -0.508 e. The van der Waals surface area contributed by atoms with Crippen molar-refractivity contribution in [1.29, 1.82) is 0 Å². The first-order chi connectivity index (χ1) is 16.0. The lowest BCUT2D eigenvalue weighted by Gasteiger charge is -2.29. The summed E-state index contributed by atoms with van der Waals surface area (Å²) in [6.45, 7) is 2.17. The van der Waals surface area contributed by atoms with E-state index in [1.165, 1.54) is 24.4 Å². The van der Waals surface area contributed by atoms with Crippen molar-refractivity contribution >= 4 is 22.5 Å². The summed E-state index contributed by atoms with van der Waals surface area (Å²) < 4.78 is 28.3. The summed E-state index contributed by atoms with van der Waals surface area (Å²) in [6.07, 6.45) is 3.67. The second-order valence-electron chi connectivity index (χ2n) is 8.68. The monoisotopic (exact) mass is 451 g/mol. The lowest BCUT2D eigenvalue weighted by atomic mass is 10.1. The SMILES string of the molecule is O=C(c1cn2c3c(c(NCC4CC4)c(F)cc3c1=O)Oc1cc(O)ccc1-2)N1CCOCC1. The molecule has 3 heterocycles. The van der Waals surface area contributed by atoms with Gasteiger partial charge in [-0.2, -0.15) is 0 Å². The Hall–Kier alpha value is -3.59. The molecule has 1 amide bonds. The minimum atomic E-state index is -0.624. The van der Waals surface area contributed by atoms with Crippen LogP contribution in [0.5, 0.6) is 17.2 Å². The molecule has 1 aromatic heterocycles. The van der Waals surface area contributed by atoms with Crippen LogP contribution < -0.4 is 15.5 Å². The molecule has 8 nitrogen and oxygen atoms in total. The van der Waals surface area contributed by atoms with Gasteiger partial charge in [0.1, 0.15) is 22.5 Å². The van der Waals surface area contributed by atoms with Crippen LogP contribution >= 0.6 is 0 Å². The van der Waals surface area contributed by atoms with Crippen LogP contribution in [0.15, 0.2) is 35.3 Å². The maximum absolute atomic E-state index is 15.3. The van der Waals surface area contributed by atoms with E-state index < -0.39 is 17.2 Å². The second-order valence-corrected chi connectivity index (χ2v) is 8.68. The average molecular weight is 451 g/mol. The number of phenols is 1. The Kier molecular flexibility index (Phi) is 4.55. The van der Waals surface area contributed by atoms with Crippen LogP contribution in [0.3, 0.4) is 0 Å². The molecule has 0 spiro atoms. The predicted molar refractivity (Wildman–Crippen MR) is 119 cm³/mol. The van der Waals surface area contributed by atoms with E-state index >= 15 is 4.39 Å². The van der Waals surface area contributed by atoms with Crippen LogP contribution in [0.2, 0.25) is 0 Å². The summed E-state index contributed by atoms with van der Waals surface area (Å²) in [5.41, 5.74) is 0.508. The van der Waals surface area contributed by atoms with Gasteiger partial charge in [0, 0.05) is 31.9 Å². The Morgan fingerprint density at radius 1 is 1.21 bits per heavy atom. The van der Waals surface area contributed by atoms with E-state index in [4.69, 9.17) is 9.47 Å². The Bertz CT molecular complexity index is 1360. The quantitative estimate of drug-likeness (QED) is 0.495. The Morgan fingerprint density at radius 2 is 2.00 bits per heavy atom. The lowest BCUT2D eigenvalue weighted by molar-refractivity contribution is 0.0301. The predicted octanol–water partition coefficient (Wildman–Crippen LogP) is 3.24. The third kappa shape index (κ3) is 3.31. The highest BCUT2D eigenvalue weighted by Gasteiger charge is 2.31. The fourth-order valence-electron chi connectivity index (χ4n) is 4.43. The number of hydrogen-bond acceptors (Lipinski definition) is 6. The first-order valence-corrected chi connectivity index (χ1v) is 11.1. The third-order valence-corrected chi connectivity index (χ3v) is 6.40. The van der Waals surface area contributed by atoms with Crippen LogP contribution in [-0.2, 0) is 4.74 Å². The summed E-state index contributed by atoms with van der Waals surface area (Å²) in [4.78, 5) is 28.2. The molecular weight excluding hydrogens is 429 g/mol. The van der Waals surface area contributed by atoms with Crippen LogP contribution in [0, 0.1) is 11.7 Å². The standard InChI is InChI=1S/C24H22FN3O5/c25-17-10-15-21-23(20(17)26-11-13-1-2-13)33-19-9-14(29)3-4-18(19)28(21)12-16(22(15)30)24(31)27-5-7-32-8-6-27/h3-4,9-10,12-13,26,29H,1-2,5-8,11H2. The lowest BCUT2D eigenvalue weighted by Crippen LogP contribution is -2.42. The van der Waals surface area contributed by atoms with E-state index in [0.717, 1.165) is 12.8 Å². The molecule has 9 heteroatoms. The van der Waals surface area contributed by atoms with E-state index in [1.807, 2.05) is 0 Å². The molecule has 2 N–H and O–H groups in total. The van der Waals surface area contributed by atoms with E-state index in [0.29, 0.717) is 55.7 Å². The molecule has 1 aliphatic carbocycles. The number of morpholine rings is 1. The van der Waals surface area contributed by atoms with Crippen LogP contribution in [0.1, 0.15) is 23.2 Å². The highest BCUT2D eigenvalue weighted by atomic mass is 19.1. The molecule has 3 aromatic rings. The van der Waals surface area contributed by atoms with Crippen molar-refractivity contribution in [2.45, 2.75) is 12.8 Å². The third-order valence-electron chi connectivity index (χ3n) is 6.40. The number of rotatable bonds is 4. The molecule has 6 rings (SSSR count). The number of nitrogens with zero attached hydrogens (tertiary/aromatic N) is 2. The number of pyridine rings is 1. The van der Waals surface area contributed by atoms with E-state index in [-0.39, 0.29) is 28.1 Å². The van der Waals surface area contributed by atoms with E-state index in [9.17, 15) is 14.7 Å². The van der Waals surface area contributed by atoms with Gasteiger partial charge in [-0.05, 0) is 37.0 Å². The number of amides is 1. The Labute approximate surface area is 188 Å². The van der Waals surface area contributed by atoms with Gasteiger partial charge in [-0.15, -0.1) is 0 Å². The largest absolute Gasteiger partial charge is 0.508 e. The normalized spacial score (nSPS) is 16.9. The van der Waals surface area contributed by atoms with Gasteiger partial charge in [0.05, 0.1) is 24.3 Å². The van der Waals surface area contributed by atoms with Gasteiger partial charge < -0.3 is 29.4 Å². The first-order valence-electron chi connectivity index (χ1n) is 11.1. The fraction of sp³-hybridized carbons (Fsp3) is 0.333. The number of aromatic hydroxyl groups is 1. The first kappa shape index (κ1) is 20.0. The molecule has 170 valence electrons. The molecule has 1 saturated heterocycles. The van der Waals surface area contributed by atoms with Crippen molar-refractivity contribution < 1.29 is 23.8 Å². The number of aromatic nitrogens is 1. The number of anilines is 1. The molecule has 3 aliphatic rings. The zero-order valence-corrected chi connectivity index (χ0v) is 17.8. The zero-order valence-electron chi connectivity index (χ0n) is 17.8. The summed E-state index contributed by atoms with van der Waals surface area (Å²) in [6, 6.07) is 5.75. The van der Waals surface area contributed by atoms with Crippen LogP contribution in [-0.4, -0.2) is 53.3 Å². The van der Waals surface area contributed by atoms with Crippen molar-refractivity contribution in [3.63, 3.8) is 0 Å². The number of fused-ring (bicyclic) bond motifs is 2. The Morgan fingerprint density at radius 3 is 2.76 bits per heavy atom. The molecule has 2 fully saturated rings. The number of nitrogens with one attached hydrogen (secondary N) is 1. The molecule has 1 saturated carbocycles. The zero-order chi connectivity index (χ0) is 22.7. The van der Waals surface area contributed by atoms with Crippen LogP contribution in [0.4, 0.5) is 10.1 Å². The van der Waals surface area contributed by atoms with Crippen LogP contribution in [0.25, 0.3) is 16.6 Å². The molecule has 33 heavy (non-hydrogen) atoms. The topological polar surface area (TPSA) is 93.0 Å². The van der Waals surface area contributed by atoms with Gasteiger partial charge >= 0.3 is 0 Å². The van der Waals surface area contributed by atoms with Gasteiger partial charge in [-0.1, -0.05) is 0 Å². The number of hydrogen-bond donors (Lipinski definition) is 2. The summed E-state index contributed by atoms with van der Waals surface area (Å²) >= 11 is 0. The second kappa shape index (κ2) is 7.48. The smallest absolute Gasteiger partial charge is 0.259 e. The molecule has 2 aromatic carbocycles. The summed E-state index contributed by atoms with van der Waals surface area (Å²) in [5.74, 6) is -0.0884. The molecule has 0 bridgehead atoms. The number of ether oxygens (including phenoxy) is 2. The van der Waals surface area contributed by atoms with Gasteiger partial charge in [0.15, 0.2) is 17.3 Å². The maximum Gasteiger partial charge on any atom is 0.259 e. The number of benzene rings is 2. The van der Waals surface area contributed by atoms with E-state index in [1.54, 1.807) is 15.5 Å². The molecule has 2 aliphatic heterocycles. The number of carbonyl (C=O) groups is 1. The average Bonchev–Trinajstić information content (AvgIpc) is 3.64. The highest BCUT2D eigenvalue weighted by molar-refractivity contribution is 6.01. The van der Waals surface area contributed by atoms with Crippen molar-refractivity contribution in [3.8, 4) is 22.9 Å². The van der Waals surface area contributed by atoms with E-state index in [2.05, 4.69) is 5.32 Å². The number of carbonyl (C=O) groups excluding carboxylic acids is 1. The highest BCUT2D eigenvalue weighted by Crippen LogP contribution is 2.46. The fourth-order valence-corrected chi connectivity index (χ4v) is 4.43. The van der Waals surface area contributed by atoms with Crippen molar-refractivity contribution in [2.75, 3.05) is 38.2 Å². The number of phenolic OH excluding ortho intramolecular Hbond substituents is 1. The summed E-state index contributed by atoms with van der Waals surface area (Å²) in [5, 5.41) is 13.2. The maximum atomic E-state index is 15.3. The van der Waals surface area contributed by atoms with Crippen molar-refractivity contribution in [1.82, 2.24) is 9.47 Å². The minimum absolute atomic E-state index is 0.0111. The van der Waals surface area contributed by atoms with Gasteiger partial charge in [0.2, 0.25) is 5.43 Å². The molecule has 0 unspecified atom stereocenters. The van der Waals surface area contributed by atoms with Gasteiger partial charge in [-0.3, -0.25) is 9.59 Å². The molecular formula is C24H22FN3O5. The molecule has 0 radical (unpaired) electrons. The molecule has 0 atom stereocenters.